The van der Waals surface area contributed by atoms with Crippen LogP contribution in [0.5, 0.6) is 0 Å². The third-order valence-corrected chi connectivity index (χ3v) is 4.40. The van der Waals surface area contributed by atoms with Crippen LogP contribution in [0.25, 0.3) is 0 Å². The predicted octanol–water partition coefficient (Wildman–Crippen LogP) is 0.910. The number of furan rings is 1. The lowest BCUT2D eigenvalue weighted by molar-refractivity contribution is 0.0661. The van der Waals surface area contributed by atoms with Crippen molar-refractivity contribution in [2.45, 2.75) is 18.4 Å². The molecule has 0 fully saturated rings. The summed E-state index contributed by atoms with van der Waals surface area (Å²) in [4.78, 5) is 14.2. The molecular formula is C9H8BrN3O6S. The lowest BCUT2D eigenvalue weighted by atomic mass is 10.5. The molecular weight excluding hydrogens is 358 g/mol. The van der Waals surface area contributed by atoms with Crippen LogP contribution in [0.4, 0.5) is 0 Å². The molecule has 0 unspecified atom stereocenters. The number of carboxylic acids is 1. The zero-order valence-corrected chi connectivity index (χ0v) is 12.4. The van der Waals surface area contributed by atoms with Gasteiger partial charge in [-0.2, -0.15) is 4.98 Å². The van der Waals surface area contributed by atoms with E-state index in [-0.39, 0.29) is 21.9 Å². The highest BCUT2D eigenvalue weighted by molar-refractivity contribution is 9.10. The number of carboxylic acid groups (broad SMARTS) is 1. The lowest BCUT2D eigenvalue weighted by Gasteiger charge is -2.01. The highest BCUT2D eigenvalue weighted by Crippen LogP contribution is 2.26. The number of aromatic carboxylic acids is 1. The van der Waals surface area contributed by atoms with Crippen molar-refractivity contribution in [2.75, 3.05) is 0 Å². The van der Waals surface area contributed by atoms with Crippen LogP contribution >= 0.6 is 15.9 Å². The van der Waals surface area contributed by atoms with Gasteiger partial charge in [-0.05, 0) is 15.9 Å². The number of aromatic nitrogens is 2. The van der Waals surface area contributed by atoms with Crippen molar-refractivity contribution in [3.63, 3.8) is 0 Å². The second-order valence-electron chi connectivity index (χ2n) is 3.61. The Bertz CT molecular complexity index is 750. The van der Waals surface area contributed by atoms with Crippen molar-refractivity contribution >= 4 is 31.9 Å². The number of sulfonamides is 1. The Morgan fingerprint density at radius 3 is 2.75 bits per heavy atom. The molecule has 0 saturated carbocycles. The van der Waals surface area contributed by atoms with E-state index in [0.29, 0.717) is 5.89 Å². The molecule has 2 aromatic rings. The molecule has 11 heteroatoms. The molecule has 0 aliphatic rings. The van der Waals surface area contributed by atoms with Crippen LogP contribution in [0, 0.1) is 6.92 Å². The van der Waals surface area contributed by atoms with Gasteiger partial charge >= 0.3 is 5.97 Å². The number of hydrogen-bond donors (Lipinski definition) is 2. The van der Waals surface area contributed by atoms with Gasteiger partial charge in [0.1, 0.15) is 4.90 Å². The van der Waals surface area contributed by atoms with Gasteiger partial charge in [0.15, 0.2) is 10.5 Å². The first-order valence-electron chi connectivity index (χ1n) is 5.11. The number of nitrogens with zero attached hydrogens (tertiary/aromatic N) is 2. The molecule has 0 aliphatic heterocycles. The number of aryl methyl sites for hydroxylation is 1. The summed E-state index contributed by atoms with van der Waals surface area (Å²) in [7, 11) is -3.97. The summed E-state index contributed by atoms with van der Waals surface area (Å²) in [5.41, 5.74) is 0. The molecule has 2 aromatic heterocycles. The summed E-state index contributed by atoms with van der Waals surface area (Å²) < 4.78 is 35.4. The quantitative estimate of drug-likeness (QED) is 0.797. The molecule has 0 amide bonds. The van der Waals surface area contributed by atoms with Gasteiger partial charge in [0.2, 0.25) is 21.7 Å². The minimum absolute atomic E-state index is 0.157. The summed E-state index contributed by atoms with van der Waals surface area (Å²) in [5.74, 6) is -1.41. The Labute approximate surface area is 121 Å². The van der Waals surface area contributed by atoms with E-state index in [9.17, 15) is 13.2 Å². The van der Waals surface area contributed by atoms with Gasteiger partial charge in [0, 0.05) is 13.0 Å². The third-order valence-electron chi connectivity index (χ3n) is 2.15. The first kappa shape index (κ1) is 14.7. The second-order valence-corrected chi connectivity index (χ2v) is 6.06. The van der Waals surface area contributed by atoms with Crippen molar-refractivity contribution < 1.29 is 27.3 Å². The minimum atomic E-state index is -3.97. The summed E-state index contributed by atoms with van der Waals surface area (Å²) in [6.45, 7) is 1.37. The summed E-state index contributed by atoms with van der Waals surface area (Å²) in [6.07, 6.45) is 0. The number of nitrogens with one attached hydrogen (secondary N) is 1. The van der Waals surface area contributed by atoms with Gasteiger partial charge in [0.05, 0.1) is 6.54 Å². The van der Waals surface area contributed by atoms with Gasteiger partial charge in [-0.15, -0.1) is 0 Å². The predicted molar refractivity (Wildman–Crippen MR) is 66.4 cm³/mol. The van der Waals surface area contributed by atoms with Gasteiger partial charge in [0.25, 0.3) is 0 Å². The van der Waals surface area contributed by atoms with Gasteiger partial charge < -0.3 is 14.0 Å². The molecule has 2 rings (SSSR count). The maximum Gasteiger partial charge on any atom is 0.371 e. The molecule has 108 valence electrons. The monoisotopic (exact) mass is 365 g/mol. The number of halogens is 1. The van der Waals surface area contributed by atoms with E-state index in [4.69, 9.17) is 14.0 Å². The normalized spacial score (nSPS) is 11.7. The fourth-order valence-corrected chi connectivity index (χ4v) is 3.21. The average Bonchev–Trinajstić information content (AvgIpc) is 2.93. The van der Waals surface area contributed by atoms with E-state index < -0.39 is 21.8 Å². The van der Waals surface area contributed by atoms with Crippen LogP contribution in [0.1, 0.15) is 22.3 Å². The third kappa shape index (κ3) is 3.05. The SMILES string of the molecule is Cc1nc(CNS(=O)(=O)c2cc(C(=O)O)oc2Br)no1. The van der Waals surface area contributed by atoms with Gasteiger partial charge in [-0.3, -0.25) is 0 Å². The molecule has 0 radical (unpaired) electrons. The van der Waals surface area contributed by atoms with E-state index in [1.54, 1.807) is 6.92 Å². The summed E-state index contributed by atoms with van der Waals surface area (Å²) in [6, 6.07) is 0.899. The molecule has 0 saturated heterocycles. The van der Waals surface area contributed by atoms with Crippen molar-refractivity contribution in [1.29, 1.82) is 0 Å². The smallest absolute Gasteiger partial charge is 0.371 e. The number of carbonyl (C=O) groups is 1. The van der Waals surface area contributed by atoms with E-state index in [1.165, 1.54) is 0 Å². The Kier molecular flexibility index (Phi) is 3.92. The highest BCUT2D eigenvalue weighted by atomic mass is 79.9. The van der Waals surface area contributed by atoms with Crippen molar-refractivity contribution in [3.8, 4) is 0 Å². The fraction of sp³-hybridized carbons (Fsp3) is 0.222. The van der Waals surface area contributed by atoms with E-state index in [1.807, 2.05) is 0 Å². The fourth-order valence-electron chi connectivity index (χ4n) is 1.29. The molecule has 0 aromatic carbocycles. The first-order valence-corrected chi connectivity index (χ1v) is 7.38. The summed E-state index contributed by atoms with van der Waals surface area (Å²) >= 11 is 2.85. The zero-order valence-electron chi connectivity index (χ0n) is 9.95. The van der Waals surface area contributed by atoms with E-state index in [0.717, 1.165) is 6.07 Å². The lowest BCUT2D eigenvalue weighted by Crippen LogP contribution is -2.23. The molecule has 0 atom stereocenters. The van der Waals surface area contributed by atoms with Crippen LogP contribution in [-0.4, -0.2) is 29.6 Å². The van der Waals surface area contributed by atoms with Crippen LogP contribution in [0.15, 0.2) is 24.6 Å². The van der Waals surface area contributed by atoms with Crippen LogP contribution in [-0.2, 0) is 16.6 Å². The van der Waals surface area contributed by atoms with Crippen molar-refractivity contribution in [2.24, 2.45) is 0 Å². The van der Waals surface area contributed by atoms with Gasteiger partial charge in [-0.1, -0.05) is 5.16 Å². The Morgan fingerprint density at radius 1 is 1.55 bits per heavy atom. The average molecular weight is 366 g/mol. The molecule has 0 aliphatic carbocycles. The minimum Gasteiger partial charge on any atom is -0.475 e. The Morgan fingerprint density at radius 2 is 2.25 bits per heavy atom. The molecule has 20 heavy (non-hydrogen) atoms. The van der Waals surface area contributed by atoms with E-state index >= 15 is 0 Å². The molecule has 2 heterocycles. The topological polar surface area (TPSA) is 136 Å². The van der Waals surface area contributed by atoms with Crippen LogP contribution in [0.3, 0.4) is 0 Å². The highest BCUT2D eigenvalue weighted by Gasteiger charge is 2.25. The molecule has 0 bridgehead atoms. The maximum absolute atomic E-state index is 12.0. The van der Waals surface area contributed by atoms with Crippen molar-refractivity contribution in [3.05, 3.63) is 28.2 Å². The number of rotatable bonds is 5. The number of hydrogen-bond acceptors (Lipinski definition) is 7. The molecule has 9 nitrogen and oxygen atoms in total. The summed E-state index contributed by atoms with van der Waals surface area (Å²) in [5, 5.41) is 12.3. The molecule has 2 N–H and O–H groups in total. The van der Waals surface area contributed by atoms with Gasteiger partial charge in [-0.25, -0.2) is 17.9 Å². The Hall–Kier alpha value is -1.72. The zero-order chi connectivity index (χ0) is 14.9. The standard InChI is InChI=1S/C9H8BrN3O6S/c1-4-12-7(13-19-4)3-11-20(16,17)6-2-5(9(14)15)18-8(6)10/h2,11H,3H2,1H3,(H,14,15). The molecule has 0 spiro atoms. The largest absolute Gasteiger partial charge is 0.475 e. The maximum atomic E-state index is 12.0. The van der Waals surface area contributed by atoms with Crippen LogP contribution in [0.2, 0.25) is 0 Å². The Balaban J connectivity index is 2.20. The first-order chi connectivity index (χ1) is 9.29. The second kappa shape index (κ2) is 5.34. The van der Waals surface area contributed by atoms with E-state index in [2.05, 4.69) is 30.8 Å². The van der Waals surface area contributed by atoms with Crippen LogP contribution < -0.4 is 4.72 Å². The van der Waals surface area contributed by atoms with Crippen molar-refractivity contribution in [1.82, 2.24) is 14.9 Å².